The predicted molar refractivity (Wildman–Crippen MR) is 129 cm³/mol. The van der Waals surface area contributed by atoms with Gasteiger partial charge in [0.2, 0.25) is 5.91 Å². The summed E-state index contributed by atoms with van der Waals surface area (Å²) < 4.78 is 2.06. The van der Waals surface area contributed by atoms with Crippen LogP contribution in [0.3, 0.4) is 0 Å². The maximum absolute atomic E-state index is 12.3. The third kappa shape index (κ3) is 5.56. The van der Waals surface area contributed by atoms with Crippen LogP contribution < -0.4 is 5.32 Å². The maximum Gasteiger partial charge on any atom is 0.230 e. The number of aromatic nitrogens is 3. The third-order valence-electron chi connectivity index (χ3n) is 5.35. The van der Waals surface area contributed by atoms with E-state index in [1.165, 1.54) is 17.3 Å². The molecule has 0 aliphatic carbocycles. The zero-order valence-electron chi connectivity index (χ0n) is 19.3. The molecule has 1 unspecified atom stereocenters. The van der Waals surface area contributed by atoms with Gasteiger partial charge in [-0.1, -0.05) is 81.9 Å². The lowest BCUT2D eigenvalue weighted by molar-refractivity contribution is -0.119. The Kier molecular flexibility index (Phi) is 7.21. The zero-order valence-corrected chi connectivity index (χ0v) is 20.1. The summed E-state index contributed by atoms with van der Waals surface area (Å²) >= 11 is 1.41. The van der Waals surface area contributed by atoms with Crippen LogP contribution in [-0.4, -0.2) is 32.5 Å². The molecule has 31 heavy (non-hydrogen) atoms. The molecule has 1 N–H and O–H groups in total. The van der Waals surface area contributed by atoms with Gasteiger partial charge in [0, 0.05) is 11.6 Å². The summed E-state index contributed by atoms with van der Waals surface area (Å²) in [5, 5.41) is 12.7. The molecule has 0 aliphatic rings. The summed E-state index contributed by atoms with van der Waals surface area (Å²) in [4.78, 5) is 12.3. The van der Waals surface area contributed by atoms with Gasteiger partial charge in [0.1, 0.15) is 0 Å². The first-order valence-electron chi connectivity index (χ1n) is 10.7. The van der Waals surface area contributed by atoms with Crippen LogP contribution in [0.15, 0.2) is 53.7 Å². The fraction of sp³-hybridized carbons (Fsp3) is 0.400. The van der Waals surface area contributed by atoms with E-state index in [1.807, 2.05) is 19.1 Å². The quantitative estimate of drug-likeness (QED) is 0.494. The lowest BCUT2D eigenvalue weighted by atomic mass is 9.87. The number of benzene rings is 2. The number of hydrogen-bond donors (Lipinski definition) is 1. The molecule has 0 bridgehead atoms. The minimum atomic E-state index is 0.00904. The lowest BCUT2D eigenvalue weighted by Gasteiger charge is -2.19. The number of thioether (sulfide) groups is 1. The van der Waals surface area contributed by atoms with E-state index in [4.69, 9.17) is 0 Å². The SMILES string of the molecule is CCC(C)NC(=O)CSc1nnc(-c2ccc(C(C)(C)C)cc2)n1-c1ccccc1C. The summed E-state index contributed by atoms with van der Waals surface area (Å²) in [7, 11) is 0. The van der Waals surface area contributed by atoms with Gasteiger partial charge in [-0.05, 0) is 42.9 Å². The molecule has 5 nitrogen and oxygen atoms in total. The first kappa shape index (κ1) is 23.1. The van der Waals surface area contributed by atoms with Crippen molar-refractivity contribution in [2.24, 2.45) is 0 Å². The standard InChI is InChI=1S/C25H32N4OS/c1-7-18(3)26-22(30)16-31-24-28-27-23(29(24)21-11-9-8-10-17(21)2)19-12-14-20(15-13-19)25(4,5)6/h8-15,18H,7,16H2,1-6H3,(H,26,30). The summed E-state index contributed by atoms with van der Waals surface area (Å²) in [5.41, 5.74) is 4.51. The summed E-state index contributed by atoms with van der Waals surface area (Å²) in [6, 6.07) is 16.8. The molecule has 3 aromatic rings. The highest BCUT2D eigenvalue weighted by Crippen LogP contribution is 2.31. The van der Waals surface area contributed by atoms with Crippen LogP contribution in [0.25, 0.3) is 17.1 Å². The van der Waals surface area contributed by atoms with E-state index in [2.05, 4.69) is 91.1 Å². The Labute approximate surface area is 189 Å². The number of hydrogen-bond acceptors (Lipinski definition) is 4. The Bertz CT molecular complexity index is 1030. The molecular weight excluding hydrogens is 404 g/mol. The van der Waals surface area contributed by atoms with E-state index in [0.717, 1.165) is 29.1 Å². The van der Waals surface area contributed by atoms with Gasteiger partial charge in [-0.15, -0.1) is 10.2 Å². The van der Waals surface area contributed by atoms with Crippen LogP contribution in [0.4, 0.5) is 0 Å². The number of rotatable bonds is 7. The number of aryl methyl sites for hydroxylation is 1. The summed E-state index contributed by atoms with van der Waals surface area (Å²) in [5.74, 6) is 1.09. The van der Waals surface area contributed by atoms with Gasteiger partial charge in [0.05, 0.1) is 11.4 Å². The highest BCUT2D eigenvalue weighted by Gasteiger charge is 2.20. The Morgan fingerprint density at radius 3 is 2.39 bits per heavy atom. The van der Waals surface area contributed by atoms with Crippen LogP contribution >= 0.6 is 11.8 Å². The minimum Gasteiger partial charge on any atom is -0.353 e. The average molecular weight is 437 g/mol. The molecule has 3 rings (SSSR count). The second kappa shape index (κ2) is 9.69. The molecule has 0 spiro atoms. The molecule has 164 valence electrons. The molecule has 1 heterocycles. The average Bonchev–Trinajstić information content (AvgIpc) is 3.15. The Balaban J connectivity index is 1.97. The Morgan fingerprint density at radius 1 is 1.10 bits per heavy atom. The van der Waals surface area contributed by atoms with Crippen LogP contribution in [0.2, 0.25) is 0 Å². The van der Waals surface area contributed by atoms with Crippen molar-refractivity contribution in [2.45, 2.75) is 64.6 Å². The van der Waals surface area contributed by atoms with Gasteiger partial charge in [0.25, 0.3) is 0 Å². The van der Waals surface area contributed by atoms with E-state index < -0.39 is 0 Å². The number of amides is 1. The summed E-state index contributed by atoms with van der Waals surface area (Å²) in [6.45, 7) is 12.8. The smallest absolute Gasteiger partial charge is 0.230 e. The number of carbonyl (C=O) groups excluding carboxylic acids is 1. The van der Waals surface area contributed by atoms with Gasteiger partial charge in [-0.2, -0.15) is 0 Å². The number of nitrogens with one attached hydrogen (secondary N) is 1. The number of para-hydroxylation sites is 1. The van der Waals surface area contributed by atoms with Crippen molar-refractivity contribution in [2.75, 3.05) is 5.75 Å². The summed E-state index contributed by atoms with van der Waals surface area (Å²) in [6.07, 6.45) is 0.907. The highest BCUT2D eigenvalue weighted by atomic mass is 32.2. The molecule has 0 aliphatic heterocycles. The second-order valence-electron chi connectivity index (χ2n) is 8.92. The van der Waals surface area contributed by atoms with Crippen molar-refractivity contribution in [1.29, 1.82) is 0 Å². The molecule has 1 atom stereocenters. The lowest BCUT2D eigenvalue weighted by Crippen LogP contribution is -2.33. The highest BCUT2D eigenvalue weighted by molar-refractivity contribution is 7.99. The molecular formula is C25H32N4OS. The van der Waals surface area contributed by atoms with Crippen molar-refractivity contribution in [1.82, 2.24) is 20.1 Å². The largest absolute Gasteiger partial charge is 0.353 e. The predicted octanol–water partition coefficient (Wildman–Crippen LogP) is 5.55. The van der Waals surface area contributed by atoms with Gasteiger partial charge < -0.3 is 5.32 Å². The topological polar surface area (TPSA) is 59.8 Å². The van der Waals surface area contributed by atoms with Gasteiger partial charge in [-0.3, -0.25) is 9.36 Å². The Morgan fingerprint density at radius 2 is 1.77 bits per heavy atom. The zero-order chi connectivity index (χ0) is 22.6. The van der Waals surface area contributed by atoms with Crippen LogP contribution in [0.1, 0.15) is 52.2 Å². The number of nitrogens with zero attached hydrogens (tertiary/aromatic N) is 3. The van der Waals surface area contributed by atoms with E-state index in [0.29, 0.717) is 10.9 Å². The van der Waals surface area contributed by atoms with Crippen molar-refractivity contribution in [3.63, 3.8) is 0 Å². The van der Waals surface area contributed by atoms with Crippen molar-refractivity contribution in [3.8, 4) is 17.1 Å². The Hall–Kier alpha value is -2.60. The van der Waals surface area contributed by atoms with E-state index in [-0.39, 0.29) is 17.4 Å². The minimum absolute atomic E-state index is 0.00904. The van der Waals surface area contributed by atoms with Gasteiger partial charge in [-0.25, -0.2) is 0 Å². The molecule has 0 radical (unpaired) electrons. The second-order valence-corrected chi connectivity index (χ2v) is 9.86. The third-order valence-corrected chi connectivity index (χ3v) is 6.28. The van der Waals surface area contributed by atoms with Gasteiger partial charge in [0.15, 0.2) is 11.0 Å². The van der Waals surface area contributed by atoms with Crippen molar-refractivity contribution >= 4 is 17.7 Å². The fourth-order valence-corrected chi connectivity index (χ4v) is 4.01. The van der Waals surface area contributed by atoms with Crippen LogP contribution in [-0.2, 0) is 10.2 Å². The van der Waals surface area contributed by atoms with E-state index in [1.54, 1.807) is 0 Å². The molecule has 1 amide bonds. The maximum atomic E-state index is 12.3. The van der Waals surface area contributed by atoms with Crippen molar-refractivity contribution < 1.29 is 4.79 Å². The first-order chi connectivity index (χ1) is 14.7. The van der Waals surface area contributed by atoms with Crippen molar-refractivity contribution in [3.05, 3.63) is 59.7 Å². The fourth-order valence-electron chi connectivity index (χ4n) is 3.25. The molecule has 6 heteroatoms. The first-order valence-corrected chi connectivity index (χ1v) is 11.7. The van der Waals surface area contributed by atoms with Gasteiger partial charge >= 0.3 is 0 Å². The van der Waals surface area contributed by atoms with Crippen LogP contribution in [0, 0.1) is 6.92 Å². The molecule has 0 saturated heterocycles. The monoisotopic (exact) mass is 436 g/mol. The molecule has 1 aromatic heterocycles. The van der Waals surface area contributed by atoms with E-state index in [9.17, 15) is 4.79 Å². The number of carbonyl (C=O) groups is 1. The molecule has 0 fully saturated rings. The molecule has 0 saturated carbocycles. The molecule has 2 aromatic carbocycles. The van der Waals surface area contributed by atoms with Crippen LogP contribution in [0.5, 0.6) is 0 Å². The normalized spacial score (nSPS) is 12.6. The van der Waals surface area contributed by atoms with E-state index >= 15 is 0 Å².